The summed E-state index contributed by atoms with van der Waals surface area (Å²) in [6.45, 7) is 5.53. The fourth-order valence-electron chi connectivity index (χ4n) is 1.92. The van der Waals surface area contributed by atoms with Gasteiger partial charge in [-0.15, -0.1) is 0 Å². The third-order valence-electron chi connectivity index (χ3n) is 2.93. The molecule has 1 N–H and O–H groups in total. The smallest absolute Gasteiger partial charge is 0.323 e. The van der Waals surface area contributed by atoms with Gasteiger partial charge in [-0.3, -0.25) is 4.79 Å². The SMILES string of the molecule is COC(=O)C(CC(C)C)NS(=O)(=O)c1cc(Br)ccc1C. The summed E-state index contributed by atoms with van der Waals surface area (Å²) in [7, 11) is -2.55. The molecule has 21 heavy (non-hydrogen) atoms. The molecule has 1 atom stereocenters. The first-order valence-electron chi connectivity index (χ1n) is 6.53. The van der Waals surface area contributed by atoms with E-state index >= 15 is 0 Å². The van der Waals surface area contributed by atoms with E-state index in [2.05, 4.69) is 25.4 Å². The number of aryl methyl sites for hydroxylation is 1. The van der Waals surface area contributed by atoms with Gasteiger partial charge in [0, 0.05) is 4.47 Å². The molecule has 0 aliphatic heterocycles. The average Bonchev–Trinajstić information content (AvgIpc) is 2.38. The summed E-state index contributed by atoms with van der Waals surface area (Å²) in [5.74, 6) is -0.430. The Labute approximate surface area is 134 Å². The molecule has 0 aliphatic carbocycles. The van der Waals surface area contributed by atoms with Crippen LogP contribution in [0.5, 0.6) is 0 Å². The fourth-order valence-corrected chi connectivity index (χ4v) is 3.90. The number of ether oxygens (including phenoxy) is 1. The molecule has 0 radical (unpaired) electrons. The van der Waals surface area contributed by atoms with E-state index in [4.69, 9.17) is 0 Å². The van der Waals surface area contributed by atoms with Crippen LogP contribution in [0.15, 0.2) is 27.6 Å². The molecule has 0 amide bonds. The molecule has 1 aromatic rings. The number of carbonyl (C=O) groups is 1. The van der Waals surface area contributed by atoms with Crippen molar-refractivity contribution in [2.45, 2.75) is 38.1 Å². The van der Waals surface area contributed by atoms with Gasteiger partial charge in [0.1, 0.15) is 6.04 Å². The number of hydrogen-bond acceptors (Lipinski definition) is 4. The Morgan fingerprint density at radius 3 is 2.52 bits per heavy atom. The standard InChI is InChI=1S/C14H20BrNO4S/c1-9(2)7-12(14(17)20-4)16-21(18,19)13-8-11(15)6-5-10(13)3/h5-6,8-9,12,16H,7H2,1-4H3. The molecule has 0 bridgehead atoms. The Bertz CT molecular complexity index is 613. The Balaban J connectivity index is 3.11. The number of carbonyl (C=O) groups excluding carboxylic acids is 1. The molecule has 1 rings (SSSR count). The normalized spacial score (nSPS) is 13.2. The minimum absolute atomic E-state index is 0.148. The van der Waals surface area contributed by atoms with E-state index in [0.29, 0.717) is 16.5 Å². The van der Waals surface area contributed by atoms with Crippen molar-refractivity contribution in [3.8, 4) is 0 Å². The van der Waals surface area contributed by atoms with Gasteiger partial charge in [0.2, 0.25) is 10.0 Å². The number of sulfonamides is 1. The summed E-state index contributed by atoms with van der Waals surface area (Å²) in [5.41, 5.74) is 0.610. The second-order valence-corrected chi connectivity index (χ2v) is 7.83. The number of rotatable bonds is 6. The molecule has 0 aromatic heterocycles. The zero-order chi connectivity index (χ0) is 16.2. The van der Waals surface area contributed by atoms with Crippen LogP contribution in [0.25, 0.3) is 0 Å². The molecule has 5 nitrogen and oxygen atoms in total. The quantitative estimate of drug-likeness (QED) is 0.773. The van der Waals surface area contributed by atoms with Crippen LogP contribution in [0.4, 0.5) is 0 Å². The highest BCUT2D eigenvalue weighted by Crippen LogP contribution is 2.21. The Morgan fingerprint density at radius 1 is 1.38 bits per heavy atom. The van der Waals surface area contributed by atoms with Crippen LogP contribution in [0.2, 0.25) is 0 Å². The van der Waals surface area contributed by atoms with Gasteiger partial charge in [0.05, 0.1) is 12.0 Å². The number of hydrogen-bond donors (Lipinski definition) is 1. The van der Waals surface area contributed by atoms with E-state index in [-0.39, 0.29) is 10.8 Å². The third-order valence-corrected chi connectivity index (χ3v) is 5.04. The highest BCUT2D eigenvalue weighted by Gasteiger charge is 2.28. The van der Waals surface area contributed by atoms with Gasteiger partial charge in [-0.25, -0.2) is 8.42 Å². The van der Waals surface area contributed by atoms with Crippen LogP contribution in [-0.4, -0.2) is 27.5 Å². The summed E-state index contributed by atoms with van der Waals surface area (Å²) >= 11 is 3.25. The minimum atomic E-state index is -3.79. The number of nitrogens with one attached hydrogen (secondary N) is 1. The minimum Gasteiger partial charge on any atom is -0.468 e. The van der Waals surface area contributed by atoms with Crippen LogP contribution < -0.4 is 4.72 Å². The Morgan fingerprint density at radius 2 is 2.00 bits per heavy atom. The van der Waals surface area contributed by atoms with Crippen molar-refractivity contribution in [1.82, 2.24) is 4.72 Å². The van der Waals surface area contributed by atoms with Gasteiger partial charge in [-0.05, 0) is 37.0 Å². The molecule has 0 heterocycles. The van der Waals surface area contributed by atoms with Crippen LogP contribution >= 0.6 is 15.9 Å². The summed E-state index contributed by atoms with van der Waals surface area (Å²) in [6, 6.07) is 4.09. The predicted octanol–water partition coefficient (Wildman–Crippen LogP) is 2.62. The molecule has 118 valence electrons. The molecule has 0 fully saturated rings. The van der Waals surface area contributed by atoms with Crippen molar-refractivity contribution < 1.29 is 17.9 Å². The van der Waals surface area contributed by atoms with Gasteiger partial charge in [-0.2, -0.15) is 4.72 Å². The van der Waals surface area contributed by atoms with Crippen molar-refractivity contribution in [1.29, 1.82) is 0 Å². The molecule has 7 heteroatoms. The molecule has 1 aromatic carbocycles. The predicted molar refractivity (Wildman–Crippen MR) is 84.5 cm³/mol. The molecular weight excluding hydrogens is 358 g/mol. The number of benzene rings is 1. The summed E-state index contributed by atoms with van der Waals surface area (Å²) in [6.07, 6.45) is 0.374. The van der Waals surface area contributed by atoms with E-state index in [1.807, 2.05) is 13.8 Å². The molecule has 0 aliphatic rings. The molecule has 0 saturated heterocycles. The van der Waals surface area contributed by atoms with E-state index in [0.717, 1.165) is 0 Å². The van der Waals surface area contributed by atoms with Gasteiger partial charge < -0.3 is 4.74 Å². The second kappa shape index (κ2) is 7.38. The second-order valence-electron chi connectivity index (χ2n) is 5.24. The first kappa shape index (κ1) is 18.1. The van der Waals surface area contributed by atoms with E-state index < -0.39 is 22.0 Å². The van der Waals surface area contributed by atoms with Crippen LogP contribution in [0, 0.1) is 12.8 Å². The third kappa shape index (κ3) is 5.09. The van der Waals surface area contributed by atoms with Crippen LogP contribution in [0.3, 0.4) is 0 Å². The van der Waals surface area contributed by atoms with Crippen molar-refractivity contribution in [3.63, 3.8) is 0 Å². The highest BCUT2D eigenvalue weighted by molar-refractivity contribution is 9.10. The zero-order valence-corrected chi connectivity index (χ0v) is 14.9. The summed E-state index contributed by atoms with van der Waals surface area (Å²) in [4.78, 5) is 11.9. The van der Waals surface area contributed by atoms with Crippen LogP contribution in [0.1, 0.15) is 25.8 Å². The van der Waals surface area contributed by atoms with Crippen LogP contribution in [-0.2, 0) is 19.6 Å². The monoisotopic (exact) mass is 377 g/mol. The van der Waals surface area contributed by atoms with Crippen molar-refractivity contribution >= 4 is 31.9 Å². The lowest BCUT2D eigenvalue weighted by atomic mass is 10.1. The van der Waals surface area contributed by atoms with Gasteiger partial charge in [0.15, 0.2) is 0 Å². The maximum Gasteiger partial charge on any atom is 0.323 e. The Kier molecular flexibility index (Phi) is 6.37. The molecular formula is C14H20BrNO4S. The van der Waals surface area contributed by atoms with E-state index in [1.54, 1.807) is 19.1 Å². The molecule has 1 unspecified atom stereocenters. The van der Waals surface area contributed by atoms with Crippen molar-refractivity contribution in [2.24, 2.45) is 5.92 Å². The highest BCUT2D eigenvalue weighted by atomic mass is 79.9. The lowest BCUT2D eigenvalue weighted by molar-refractivity contribution is -0.143. The molecule has 0 saturated carbocycles. The number of esters is 1. The maximum atomic E-state index is 12.5. The fraction of sp³-hybridized carbons (Fsp3) is 0.500. The maximum absolute atomic E-state index is 12.5. The first-order chi connectivity index (χ1) is 9.67. The van der Waals surface area contributed by atoms with E-state index in [1.165, 1.54) is 13.2 Å². The zero-order valence-electron chi connectivity index (χ0n) is 12.5. The summed E-state index contributed by atoms with van der Waals surface area (Å²) in [5, 5.41) is 0. The first-order valence-corrected chi connectivity index (χ1v) is 8.81. The lowest BCUT2D eigenvalue weighted by Crippen LogP contribution is -2.42. The Hall–Kier alpha value is -0.920. The van der Waals surface area contributed by atoms with Crippen molar-refractivity contribution in [2.75, 3.05) is 7.11 Å². The van der Waals surface area contributed by atoms with Gasteiger partial charge in [-0.1, -0.05) is 35.8 Å². The topological polar surface area (TPSA) is 72.5 Å². The molecule has 0 spiro atoms. The van der Waals surface area contributed by atoms with E-state index in [9.17, 15) is 13.2 Å². The number of halogens is 1. The summed E-state index contributed by atoms with van der Waals surface area (Å²) < 4.78 is 32.7. The largest absolute Gasteiger partial charge is 0.468 e. The van der Waals surface area contributed by atoms with Gasteiger partial charge >= 0.3 is 5.97 Å². The number of methoxy groups -OCH3 is 1. The van der Waals surface area contributed by atoms with Gasteiger partial charge in [0.25, 0.3) is 0 Å². The van der Waals surface area contributed by atoms with Crippen molar-refractivity contribution in [3.05, 3.63) is 28.2 Å². The lowest BCUT2D eigenvalue weighted by Gasteiger charge is -2.19. The average molecular weight is 378 g/mol.